The van der Waals surface area contributed by atoms with Crippen molar-refractivity contribution in [1.82, 2.24) is 25.1 Å². The third-order valence-electron chi connectivity index (χ3n) is 4.84. The van der Waals surface area contributed by atoms with E-state index < -0.39 is 6.03 Å². The number of carbonyl (C=O) groups is 2. The fourth-order valence-electron chi connectivity index (χ4n) is 3.44. The van der Waals surface area contributed by atoms with Gasteiger partial charge in [-0.2, -0.15) is 0 Å². The minimum absolute atomic E-state index is 0.255. The lowest BCUT2D eigenvalue weighted by molar-refractivity contribution is -0.121. The number of nitrogens with zero attached hydrogens (tertiary/aromatic N) is 3. The molecule has 0 atom stereocenters. The van der Waals surface area contributed by atoms with E-state index in [1.165, 1.54) is 12.6 Å². The first-order valence-corrected chi connectivity index (χ1v) is 8.72. The van der Waals surface area contributed by atoms with Gasteiger partial charge >= 0.3 is 6.03 Å². The number of imide groups is 1. The summed E-state index contributed by atoms with van der Waals surface area (Å²) in [6.07, 6.45) is 2.08. The Balaban J connectivity index is 1.53. The standard InChI is InChI=1S/C18H25N5O2/c1-13-20-15-5-3-4-6-16(15)23(13)11-14-7-9-22(10-8-14)12-17(24)21-18(25)19-2/h3-6,14H,7-12H2,1-2H3,(H2,19,21,24,25). The first-order valence-electron chi connectivity index (χ1n) is 8.72. The van der Waals surface area contributed by atoms with Gasteiger partial charge in [0.25, 0.3) is 0 Å². The highest BCUT2D eigenvalue weighted by Gasteiger charge is 2.22. The number of para-hydroxylation sites is 2. The zero-order valence-corrected chi connectivity index (χ0v) is 14.8. The number of fused-ring (bicyclic) bond motifs is 1. The van der Waals surface area contributed by atoms with Crippen LogP contribution in [0.25, 0.3) is 11.0 Å². The summed E-state index contributed by atoms with van der Waals surface area (Å²) < 4.78 is 2.30. The van der Waals surface area contributed by atoms with Gasteiger partial charge in [0.15, 0.2) is 0 Å². The predicted octanol–water partition coefficient (Wildman–Crippen LogP) is 1.51. The highest BCUT2D eigenvalue weighted by molar-refractivity contribution is 5.95. The van der Waals surface area contributed by atoms with Crippen molar-refractivity contribution < 1.29 is 9.59 Å². The number of aromatic nitrogens is 2. The summed E-state index contributed by atoms with van der Waals surface area (Å²) in [5.74, 6) is 1.37. The summed E-state index contributed by atoms with van der Waals surface area (Å²) >= 11 is 0. The molecule has 7 nitrogen and oxygen atoms in total. The number of aryl methyl sites for hydroxylation is 1. The van der Waals surface area contributed by atoms with Crippen molar-refractivity contribution in [2.24, 2.45) is 5.92 Å². The molecule has 1 fully saturated rings. The summed E-state index contributed by atoms with van der Waals surface area (Å²) in [5.41, 5.74) is 2.23. The van der Waals surface area contributed by atoms with Crippen molar-refractivity contribution in [1.29, 1.82) is 0 Å². The molecule has 2 heterocycles. The molecular formula is C18H25N5O2. The van der Waals surface area contributed by atoms with Crippen LogP contribution in [0.2, 0.25) is 0 Å². The molecule has 2 N–H and O–H groups in total. The van der Waals surface area contributed by atoms with Crippen molar-refractivity contribution in [2.45, 2.75) is 26.3 Å². The summed E-state index contributed by atoms with van der Waals surface area (Å²) in [7, 11) is 1.50. The van der Waals surface area contributed by atoms with E-state index in [-0.39, 0.29) is 12.5 Å². The summed E-state index contributed by atoms with van der Waals surface area (Å²) in [6.45, 7) is 5.03. The van der Waals surface area contributed by atoms with E-state index in [1.807, 2.05) is 18.2 Å². The van der Waals surface area contributed by atoms with Crippen molar-refractivity contribution >= 4 is 23.0 Å². The molecule has 0 bridgehead atoms. The topological polar surface area (TPSA) is 79.3 Å². The van der Waals surface area contributed by atoms with Gasteiger partial charge in [-0.1, -0.05) is 12.1 Å². The SMILES string of the molecule is CNC(=O)NC(=O)CN1CCC(Cn2c(C)nc3ccccc32)CC1. The molecule has 1 aromatic heterocycles. The number of carbonyl (C=O) groups excluding carboxylic acids is 2. The smallest absolute Gasteiger partial charge is 0.321 e. The van der Waals surface area contributed by atoms with E-state index in [4.69, 9.17) is 0 Å². The number of hydrogen-bond donors (Lipinski definition) is 2. The maximum absolute atomic E-state index is 11.8. The van der Waals surface area contributed by atoms with E-state index in [0.29, 0.717) is 5.92 Å². The summed E-state index contributed by atoms with van der Waals surface area (Å²) in [6, 6.07) is 7.78. The zero-order chi connectivity index (χ0) is 17.8. The second kappa shape index (κ2) is 7.65. The predicted molar refractivity (Wildman–Crippen MR) is 96.2 cm³/mol. The maximum atomic E-state index is 11.8. The van der Waals surface area contributed by atoms with Gasteiger partial charge in [-0.05, 0) is 50.9 Å². The molecule has 0 spiro atoms. The van der Waals surface area contributed by atoms with Crippen LogP contribution >= 0.6 is 0 Å². The van der Waals surface area contributed by atoms with Crippen LogP contribution in [-0.4, -0.2) is 53.1 Å². The molecule has 134 valence electrons. The second-order valence-electron chi connectivity index (χ2n) is 6.61. The van der Waals surface area contributed by atoms with E-state index in [1.54, 1.807) is 0 Å². The number of amides is 3. The molecule has 2 aromatic rings. The molecule has 0 aliphatic carbocycles. The van der Waals surface area contributed by atoms with Crippen LogP contribution in [0.5, 0.6) is 0 Å². The zero-order valence-electron chi connectivity index (χ0n) is 14.8. The lowest BCUT2D eigenvalue weighted by Gasteiger charge is -2.31. The Hall–Kier alpha value is -2.41. The number of rotatable bonds is 4. The van der Waals surface area contributed by atoms with E-state index in [0.717, 1.165) is 43.8 Å². The molecule has 1 saturated heterocycles. The number of hydrogen-bond acceptors (Lipinski definition) is 4. The molecule has 3 rings (SSSR count). The quantitative estimate of drug-likeness (QED) is 0.882. The lowest BCUT2D eigenvalue weighted by Crippen LogP contribution is -2.45. The van der Waals surface area contributed by atoms with Gasteiger partial charge in [-0.25, -0.2) is 9.78 Å². The van der Waals surface area contributed by atoms with Gasteiger partial charge in [-0.15, -0.1) is 0 Å². The Morgan fingerprint density at radius 2 is 1.96 bits per heavy atom. The molecule has 0 unspecified atom stereocenters. The highest BCUT2D eigenvalue weighted by Crippen LogP contribution is 2.23. The van der Waals surface area contributed by atoms with Gasteiger partial charge in [0.05, 0.1) is 17.6 Å². The van der Waals surface area contributed by atoms with Gasteiger partial charge in [-0.3, -0.25) is 15.0 Å². The minimum atomic E-state index is -0.456. The van der Waals surface area contributed by atoms with Crippen LogP contribution in [0.4, 0.5) is 4.79 Å². The average molecular weight is 343 g/mol. The Morgan fingerprint density at radius 3 is 2.68 bits per heavy atom. The number of nitrogens with one attached hydrogen (secondary N) is 2. The molecular weight excluding hydrogens is 318 g/mol. The largest absolute Gasteiger partial charge is 0.341 e. The molecule has 25 heavy (non-hydrogen) atoms. The molecule has 3 amide bonds. The first-order chi connectivity index (χ1) is 12.1. The Labute approximate surface area is 147 Å². The average Bonchev–Trinajstić information content (AvgIpc) is 2.92. The van der Waals surface area contributed by atoms with E-state index in [9.17, 15) is 9.59 Å². The molecule has 1 aromatic carbocycles. The molecule has 1 aliphatic heterocycles. The molecule has 7 heteroatoms. The number of piperidine rings is 1. The maximum Gasteiger partial charge on any atom is 0.321 e. The Bertz CT molecular complexity index is 762. The summed E-state index contributed by atoms with van der Waals surface area (Å²) in [5, 5.41) is 4.70. The van der Waals surface area contributed by atoms with Crippen molar-refractivity contribution in [3.8, 4) is 0 Å². The van der Waals surface area contributed by atoms with Crippen molar-refractivity contribution in [2.75, 3.05) is 26.7 Å². The van der Waals surface area contributed by atoms with E-state index >= 15 is 0 Å². The van der Waals surface area contributed by atoms with Gasteiger partial charge in [0.1, 0.15) is 5.82 Å². The molecule has 1 aliphatic rings. The van der Waals surface area contributed by atoms with Gasteiger partial charge < -0.3 is 9.88 Å². The van der Waals surface area contributed by atoms with Crippen LogP contribution in [0.15, 0.2) is 24.3 Å². The molecule has 0 saturated carbocycles. The van der Waals surface area contributed by atoms with Crippen LogP contribution in [0, 0.1) is 12.8 Å². The number of urea groups is 1. The summed E-state index contributed by atoms with van der Waals surface area (Å²) in [4.78, 5) is 29.7. The second-order valence-corrected chi connectivity index (χ2v) is 6.61. The Kier molecular flexibility index (Phi) is 5.33. The van der Waals surface area contributed by atoms with Crippen molar-refractivity contribution in [3.63, 3.8) is 0 Å². The highest BCUT2D eigenvalue weighted by atomic mass is 16.2. The van der Waals surface area contributed by atoms with Crippen LogP contribution in [0.3, 0.4) is 0 Å². The molecule has 0 radical (unpaired) electrons. The van der Waals surface area contributed by atoms with Crippen LogP contribution < -0.4 is 10.6 Å². The lowest BCUT2D eigenvalue weighted by atomic mass is 9.96. The third-order valence-corrected chi connectivity index (χ3v) is 4.84. The third kappa shape index (κ3) is 4.17. The number of benzene rings is 1. The number of imidazole rings is 1. The van der Waals surface area contributed by atoms with Crippen molar-refractivity contribution in [3.05, 3.63) is 30.1 Å². The van der Waals surface area contributed by atoms with Crippen LogP contribution in [-0.2, 0) is 11.3 Å². The van der Waals surface area contributed by atoms with Crippen LogP contribution in [0.1, 0.15) is 18.7 Å². The van der Waals surface area contributed by atoms with Gasteiger partial charge in [0.2, 0.25) is 5.91 Å². The fourth-order valence-corrected chi connectivity index (χ4v) is 3.44. The normalized spacial score (nSPS) is 16.1. The first kappa shape index (κ1) is 17.4. The fraction of sp³-hybridized carbons (Fsp3) is 0.500. The van der Waals surface area contributed by atoms with Gasteiger partial charge in [0, 0.05) is 13.6 Å². The minimum Gasteiger partial charge on any atom is -0.341 e. The Morgan fingerprint density at radius 1 is 1.24 bits per heavy atom. The number of likely N-dealkylation sites (tertiary alicyclic amines) is 1. The monoisotopic (exact) mass is 343 g/mol. The van der Waals surface area contributed by atoms with E-state index in [2.05, 4.69) is 38.1 Å².